The lowest BCUT2D eigenvalue weighted by molar-refractivity contribution is -0.107. The van der Waals surface area contributed by atoms with Crippen LogP contribution in [0.3, 0.4) is 0 Å². The van der Waals surface area contributed by atoms with E-state index in [1.54, 1.807) is 48.7 Å². The molecule has 0 spiro atoms. The number of ether oxygens (including phenoxy) is 1. The predicted molar refractivity (Wildman–Crippen MR) is 132 cm³/mol. The second-order valence-corrected chi connectivity index (χ2v) is 8.92. The van der Waals surface area contributed by atoms with Gasteiger partial charge in [-0.05, 0) is 35.9 Å². The number of rotatable bonds is 8. The minimum atomic E-state index is -0.511. The standard InChI is InChI=1S/C24H21ClFN3O5S/c1-28(34-9-3-8-26)22(31)16-6-4-15(5-7-16)18-13-29-23(32)20(35-24(29)27-18)12-14-10-17(25)21(30)19(11-14)33-2/h4-7,10-13,30H,3,8-9H2,1-2H3/b20-12-. The fraction of sp³-hybridized carbons (Fsp3) is 0.208. The second kappa shape index (κ2) is 10.4. The molecule has 0 fully saturated rings. The predicted octanol–water partition coefficient (Wildman–Crippen LogP) is 3.70. The van der Waals surface area contributed by atoms with Gasteiger partial charge in [-0.3, -0.25) is 23.2 Å². The lowest BCUT2D eigenvalue weighted by atomic mass is 10.1. The van der Waals surface area contributed by atoms with E-state index in [0.29, 0.717) is 26.3 Å². The highest BCUT2D eigenvalue weighted by atomic mass is 35.5. The Kier molecular flexibility index (Phi) is 7.34. The van der Waals surface area contributed by atoms with Crippen LogP contribution < -0.4 is 14.8 Å². The third-order valence-electron chi connectivity index (χ3n) is 5.15. The maximum atomic E-state index is 12.9. The summed E-state index contributed by atoms with van der Waals surface area (Å²) in [5.41, 5.74) is 2.08. The molecule has 35 heavy (non-hydrogen) atoms. The van der Waals surface area contributed by atoms with Gasteiger partial charge in [-0.1, -0.05) is 35.1 Å². The molecule has 2 aromatic heterocycles. The van der Waals surface area contributed by atoms with Crippen molar-refractivity contribution in [3.05, 3.63) is 73.6 Å². The number of hydroxylamine groups is 2. The molecule has 0 saturated carbocycles. The van der Waals surface area contributed by atoms with Gasteiger partial charge in [0, 0.05) is 30.8 Å². The highest BCUT2D eigenvalue weighted by molar-refractivity contribution is 7.15. The number of halogens is 2. The smallest absolute Gasteiger partial charge is 0.277 e. The minimum Gasteiger partial charge on any atom is -0.503 e. The Hall–Kier alpha value is -3.47. The number of nitrogens with zero attached hydrogens (tertiary/aromatic N) is 3. The lowest BCUT2D eigenvalue weighted by Gasteiger charge is -2.16. The van der Waals surface area contributed by atoms with E-state index in [2.05, 4.69) is 4.98 Å². The van der Waals surface area contributed by atoms with Crippen molar-refractivity contribution in [1.82, 2.24) is 14.4 Å². The molecule has 8 nitrogen and oxygen atoms in total. The molecule has 0 aliphatic heterocycles. The molecular weight excluding hydrogens is 497 g/mol. The first-order valence-electron chi connectivity index (χ1n) is 10.5. The van der Waals surface area contributed by atoms with Crippen LogP contribution in [0, 0.1) is 0 Å². The Morgan fingerprint density at radius 2 is 2.06 bits per heavy atom. The van der Waals surface area contributed by atoms with Gasteiger partial charge in [0.15, 0.2) is 16.5 Å². The van der Waals surface area contributed by atoms with Gasteiger partial charge < -0.3 is 9.84 Å². The van der Waals surface area contributed by atoms with Crippen LogP contribution >= 0.6 is 22.9 Å². The zero-order chi connectivity index (χ0) is 25.1. The van der Waals surface area contributed by atoms with E-state index >= 15 is 0 Å². The highest BCUT2D eigenvalue weighted by Crippen LogP contribution is 2.35. The van der Waals surface area contributed by atoms with Crippen LogP contribution in [0.2, 0.25) is 5.02 Å². The summed E-state index contributed by atoms with van der Waals surface area (Å²) < 4.78 is 19.2. The first-order valence-corrected chi connectivity index (χ1v) is 11.7. The van der Waals surface area contributed by atoms with Crippen molar-refractivity contribution < 1.29 is 23.9 Å². The van der Waals surface area contributed by atoms with Crippen molar-refractivity contribution >= 4 is 39.9 Å². The van der Waals surface area contributed by atoms with Gasteiger partial charge in [0.05, 0.1) is 35.6 Å². The van der Waals surface area contributed by atoms with Crippen LogP contribution in [-0.4, -0.2) is 52.9 Å². The van der Waals surface area contributed by atoms with E-state index in [1.807, 2.05) is 0 Å². The van der Waals surface area contributed by atoms with Gasteiger partial charge in [-0.2, -0.15) is 0 Å². The number of fused-ring (bicyclic) bond motifs is 1. The molecule has 2 heterocycles. The Morgan fingerprint density at radius 1 is 1.31 bits per heavy atom. The molecule has 0 radical (unpaired) electrons. The van der Waals surface area contributed by atoms with E-state index in [0.717, 1.165) is 10.6 Å². The third-order valence-corrected chi connectivity index (χ3v) is 6.42. The van der Waals surface area contributed by atoms with Crippen LogP contribution in [0.1, 0.15) is 22.3 Å². The largest absolute Gasteiger partial charge is 0.503 e. The molecule has 0 bridgehead atoms. The molecule has 11 heteroatoms. The van der Waals surface area contributed by atoms with Crippen molar-refractivity contribution in [2.75, 3.05) is 27.4 Å². The molecular formula is C24H21ClFN3O5S. The number of aromatic hydroxyl groups is 1. The van der Waals surface area contributed by atoms with Crippen LogP contribution in [-0.2, 0) is 4.84 Å². The average molecular weight is 518 g/mol. The van der Waals surface area contributed by atoms with Crippen molar-refractivity contribution in [2.24, 2.45) is 0 Å². The van der Waals surface area contributed by atoms with Gasteiger partial charge in [0.2, 0.25) is 0 Å². The van der Waals surface area contributed by atoms with Crippen molar-refractivity contribution in [2.45, 2.75) is 6.42 Å². The number of hydrogen-bond acceptors (Lipinski definition) is 7. The quantitative estimate of drug-likeness (QED) is 0.283. The lowest BCUT2D eigenvalue weighted by Crippen LogP contribution is -2.27. The van der Waals surface area contributed by atoms with Gasteiger partial charge in [0.25, 0.3) is 11.5 Å². The second-order valence-electron chi connectivity index (χ2n) is 7.50. The van der Waals surface area contributed by atoms with Crippen molar-refractivity contribution in [1.29, 1.82) is 0 Å². The zero-order valence-corrected chi connectivity index (χ0v) is 20.4. The molecule has 2 aromatic carbocycles. The van der Waals surface area contributed by atoms with Gasteiger partial charge in [0.1, 0.15) is 0 Å². The molecule has 0 atom stereocenters. The number of carbonyl (C=O) groups is 1. The average Bonchev–Trinajstić information content (AvgIpc) is 3.40. The molecule has 0 aliphatic carbocycles. The van der Waals surface area contributed by atoms with E-state index in [9.17, 15) is 19.1 Å². The van der Waals surface area contributed by atoms with Crippen LogP contribution in [0.25, 0.3) is 22.3 Å². The summed E-state index contributed by atoms with van der Waals surface area (Å²) in [5.74, 6) is -0.309. The van der Waals surface area contributed by atoms with E-state index in [4.69, 9.17) is 21.2 Å². The van der Waals surface area contributed by atoms with Crippen LogP contribution in [0.4, 0.5) is 4.39 Å². The number of aromatic nitrogens is 2. The highest BCUT2D eigenvalue weighted by Gasteiger charge is 2.15. The monoisotopic (exact) mass is 517 g/mol. The van der Waals surface area contributed by atoms with Crippen molar-refractivity contribution in [3.63, 3.8) is 0 Å². The number of thiazole rings is 1. The van der Waals surface area contributed by atoms with E-state index in [-0.39, 0.29) is 41.0 Å². The first kappa shape index (κ1) is 24.6. The maximum absolute atomic E-state index is 12.9. The molecule has 4 rings (SSSR count). The molecule has 0 aliphatic rings. The Bertz CT molecular complexity index is 1490. The summed E-state index contributed by atoms with van der Waals surface area (Å²) in [5, 5.41) is 11.1. The molecule has 0 saturated heterocycles. The third kappa shape index (κ3) is 5.14. The van der Waals surface area contributed by atoms with E-state index < -0.39 is 6.67 Å². The van der Waals surface area contributed by atoms with Crippen LogP contribution in [0.5, 0.6) is 11.5 Å². The number of phenolic OH excluding ortho intramolecular Hbond substituents is 1. The van der Waals surface area contributed by atoms with Gasteiger partial charge in [-0.15, -0.1) is 0 Å². The fourth-order valence-corrected chi connectivity index (χ4v) is 4.51. The summed E-state index contributed by atoms with van der Waals surface area (Å²) in [6, 6.07) is 9.87. The number of methoxy groups -OCH3 is 1. The zero-order valence-electron chi connectivity index (χ0n) is 18.8. The Balaban J connectivity index is 1.58. The number of amides is 1. The summed E-state index contributed by atoms with van der Waals surface area (Å²) >= 11 is 7.25. The van der Waals surface area contributed by atoms with Crippen molar-refractivity contribution in [3.8, 4) is 22.8 Å². The number of carbonyl (C=O) groups excluding carboxylic acids is 1. The molecule has 0 unspecified atom stereocenters. The Morgan fingerprint density at radius 3 is 2.71 bits per heavy atom. The minimum absolute atomic E-state index is 0.117. The topological polar surface area (TPSA) is 93.4 Å². The van der Waals surface area contributed by atoms with Gasteiger partial charge in [-0.25, -0.2) is 10.0 Å². The number of alkyl halides is 1. The molecule has 1 N–H and O–H groups in total. The molecule has 182 valence electrons. The SMILES string of the molecule is COc1cc(/C=c2\sc3nc(-c4ccc(C(=O)N(C)OCCCF)cc4)cn3c2=O)cc(Cl)c1O. The number of hydrogen-bond donors (Lipinski definition) is 1. The summed E-state index contributed by atoms with van der Waals surface area (Å²) in [6.07, 6.45) is 3.51. The summed E-state index contributed by atoms with van der Waals surface area (Å²) in [4.78, 5) is 35.6. The molecule has 1 amide bonds. The number of benzene rings is 2. The molecule has 4 aromatic rings. The summed E-state index contributed by atoms with van der Waals surface area (Å²) in [6.45, 7) is -0.393. The summed E-state index contributed by atoms with van der Waals surface area (Å²) in [7, 11) is 2.89. The van der Waals surface area contributed by atoms with E-state index in [1.165, 1.54) is 29.9 Å². The maximum Gasteiger partial charge on any atom is 0.277 e. The number of phenols is 1. The number of imidazole rings is 1. The Labute approximate surface area is 208 Å². The van der Waals surface area contributed by atoms with Gasteiger partial charge >= 0.3 is 0 Å². The first-order chi connectivity index (χ1) is 16.8. The normalized spacial score (nSPS) is 11.8. The fourth-order valence-electron chi connectivity index (χ4n) is 3.34. The van der Waals surface area contributed by atoms with Crippen LogP contribution in [0.15, 0.2) is 47.4 Å².